The highest BCUT2D eigenvalue weighted by atomic mass is 16.6. The minimum Gasteiger partial charge on any atom is -0.508 e. The van der Waals surface area contributed by atoms with Crippen molar-refractivity contribution >= 4 is 17.7 Å². The van der Waals surface area contributed by atoms with Crippen LogP contribution in [0.25, 0.3) is 0 Å². The van der Waals surface area contributed by atoms with Gasteiger partial charge in [-0.2, -0.15) is 0 Å². The zero-order valence-corrected chi connectivity index (χ0v) is 24.6. The smallest absolute Gasteiger partial charge is 0.405 e. The van der Waals surface area contributed by atoms with E-state index in [0.717, 1.165) is 5.57 Å². The molecule has 0 aromatic heterocycles. The summed E-state index contributed by atoms with van der Waals surface area (Å²) in [7, 11) is 4.73. The summed E-state index contributed by atoms with van der Waals surface area (Å²) >= 11 is 0. The highest BCUT2D eigenvalue weighted by Gasteiger charge is 2.33. The number of aromatic hydroxyl groups is 2. The van der Waals surface area contributed by atoms with Gasteiger partial charge in [-0.1, -0.05) is 45.1 Å². The van der Waals surface area contributed by atoms with Crippen molar-refractivity contribution < 1.29 is 38.7 Å². The molecule has 1 aliphatic heterocycles. The lowest BCUT2D eigenvalue weighted by Gasteiger charge is -2.33. The van der Waals surface area contributed by atoms with E-state index >= 15 is 0 Å². The number of phenolic OH excluding ortho intramolecular Hbond substituents is 2. The second-order valence-electron chi connectivity index (χ2n) is 10.5. The van der Waals surface area contributed by atoms with Crippen LogP contribution in [-0.4, -0.2) is 61.9 Å². The summed E-state index contributed by atoms with van der Waals surface area (Å²) in [6.07, 6.45) is 4.64. The molecule has 2 bridgehead atoms. The van der Waals surface area contributed by atoms with Crippen LogP contribution in [0, 0.1) is 17.8 Å². The fraction of sp³-hybridized carbons (Fsp3) is 0.533. The van der Waals surface area contributed by atoms with Gasteiger partial charge in [-0.15, -0.1) is 0 Å². The molecule has 7 atom stereocenters. The van der Waals surface area contributed by atoms with Gasteiger partial charge in [0.1, 0.15) is 17.6 Å². The molecule has 40 heavy (non-hydrogen) atoms. The molecule has 2 rings (SSSR count). The summed E-state index contributed by atoms with van der Waals surface area (Å²) in [5.41, 5.74) is 6.91. The van der Waals surface area contributed by atoms with Crippen LogP contribution in [0.2, 0.25) is 0 Å². The first-order chi connectivity index (χ1) is 18.8. The largest absolute Gasteiger partial charge is 0.508 e. The molecule has 10 heteroatoms. The molecule has 5 N–H and O–H groups in total. The number of nitrogens with two attached hydrogens (primary N) is 1. The highest BCUT2D eigenvalue weighted by molar-refractivity contribution is 6.04. The van der Waals surface area contributed by atoms with E-state index in [2.05, 4.69) is 5.32 Å². The number of primary amides is 1. The normalized spacial score (nSPS) is 28.8. The van der Waals surface area contributed by atoms with Crippen LogP contribution in [0.3, 0.4) is 0 Å². The minimum atomic E-state index is -0.891. The lowest BCUT2D eigenvalue weighted by molar-refractivity contribution is -0.112. The predicted octanol–water partition coefficient (Wildman–Crippen LogP) is 4.98. The Balaban J connectivity index is 2.67. The standard InChI is InChI=1S/C30H44N2O8/c1-16-10-9-11-17(2)29(35)32-23-15-21(33)14-22(25(23)34)27(38-7)20(5)13-24(37-6)28(39-8)19(4)12-18(3)26(16)40-30(31)36/h9-12,14-16,19-20,24,26-28,33-34H,13H2,1-8H3,(H2,31,36)(H,32,35)/t16-,19-,20-,24-,26+,27+,28+/m0/s1. The number of carbonyl (C=O) groups is 2. The number of benzene rings is 1. The average molecular weight is 561 g/mol. The van der Waals surface area contributed by atoms with Crippen LogP contribution in [0.1, 0.15) is 52.7 Å². The van der Waals surface area contributed by atoms with Crippen molar-refractivity contribution in [3.05, 3.63) is 53.1 Å². The molecule has 10 nitrogen and oxygen atoms in total. The molecule has 2 amide bonds. The van der Waals surface area contributed by atoms with Gasteiger partial charge in [0.2, 0.25) is 0 Å². The molecule has 1 aliphatic rings. The number of anilines is 1. The molecule has 222 valence electrons. The molecule has 0 saturated carbocycles. The van der Waals surface area contributed by atoms with E-state index in [9.17, 15) is 19.8 Å². The van der Waals surface area contributed by atoms with E-state index in [0.29, 0.717) is 17.6 Å². The Morgan fingerprint density at radius 1 is 1.00 bits per heavy atom. The number of amides is 2. The summed E-state index contributed by atoms with van der Waals surface area (Å²) < 4.78 is 23.0. The highest BCUT2D eigenvalue weighted by Crippen LogP contribution is 2.42. The zero-order valence-electron chi connectivity index (χ0n) is 24.6. The second kappa shape index (κ2) is 14.9. The van der Waals surface area contributed by atoms with Crippen molar-refractivity contribution in [3.8, 4) is 11.5 Å². The van der Waals surface area contributed by atoms with Gasteiger partial charge in [0.05, 0.1) is 24.0 Å². The van der Waals surface area contributed by atoms with E-state index in [1.165, 1.54) is 19.2 Å². The maximum absolute atomic E-state index is 12.9. The number of hydrogen-bond donors (Lipinski definition) is 4. The third-order valence-corrected chi connectivity index (χ3v) is 7.33. The Bertz CT molecular complexity index is 1130. The quantitative estimate of drug-likeness (QED) is 0.229. The Morgan fingerprint density at radius 3 is 2.25 bits per heavy atom. The van der Waals surface area contributed by atoms with Crippen LogP contribution < -0.4 is 11.1 Å². The minimum absolute atomic E-state index is 0.0543. The topological polar surface area (TPSA) is 150 Å². The van der Waals surface area contributed by atoms with Crippen molar-refractivity contribution in [2.24, 2.45) is 23.5 Å². The van der Waals surface area contributed by atoms with Gasteiger partial charge in [0, 0.05) is 50.4 Å². The Morgan fingerprint density at radius 2 is 1.68 bits per heavy atom. The molecular formula is C30H44N2O8. The molecule has 0 fully saturated rings. The number of rotatable bonds is 4. The lowest BCUT2D eigenvalue weighted by Crippen LogP contribution is -2.37. The van der Waals surface area contributed by atoms with Crippen molar-refractivity contribution in [1.82, 2.24) is 0 Å². The second-order valence-corrected chi connectivity index (χ2v) is 10.5. The van der Waals surface area contributed by atoms with E-state index in [4.69, 9.17) is 24.7 Å². The first-order valence-electron chi connectivity index (χ1n) is 13.3. The van der Waals surface area contributed by atoms with Gasteiger partial charge in [-0.3, -0.25) is 4.79 Å². The number of nitrogens with one attached hydrogen (secondary N) is 1. The van der Waals surface area contributed by atoms with Crippen molar-refractivity contribution in [1.29, 1.82) is 0 Å². The first kappa shape index (κ1) is 32.9. The maximum Gasteiger partial charge on any atom is 0.405 e. The van der Waals surface area contributed by atoms with Crippen LogP contribution in [-0.2, 0) is 23.7 Å². The Labute approximate surface area is 236 Å². The van der Waals surface area contributed by atoms with Crippen molar-refractivity contribution in [2.45, 2.75) is 65.5 Å². The fourth-order valence-electron chi connectivity index (χ4n) is 5.30. The van der Waals surface area contributed by atoms with Crippen molar-refractivity contribution in [3.63, 3.8) is 0 Å². The van der Waals surface area contributed by atoms with E-state index in [-0.39, 0.29) is 47.1 Å². The number of carbonyl (C=O) groups excluding carboxylic acids is 2. The molecule has 0 radical (unpaired) electrons. The van der Waals surface area contributed by atoms with Gasteiger partial charge in [0.25, 0.3) is 5.91 Å². The van der Waals surface area contributed by atoms with Crippen molar-refractivity contribution in [2.75, 3.05) is 26.6 Å². The van der Waals surface area contributed by atoms with Crippen LogP contribution >= 0.6 is 0 Å². The summed E-state index contributed by atoms with van der Waals surface area (Å²) in [5, 5.41) is 24.2. The molecule has 1 aromatic carbocycles. The van der Waals surface area contributed by atoms with E-state index < -0.39 is 24.2 Å². The summed E-state index contributed by atoms with van der Waals surface area (Å²) in [5.74, 6) is -1.43. The fourth-order valence-corrected chi connectivity index (χ4v) is 5.30. The Kier molecular flexibility index (Phi) is 12.2. The molecule has 0 aliphatic carbocycles. The van der Waals surface area contributed by atoms with E-state index in [1.807, 2.05) is 33.8 Å². The average Bonchev–Trinajstić information content (AvgIpc) is 2.88. The van der Waals surface area contributed by atoms with Crippen LogP contribution in [0.4, 0.5) is 10.5 Å². The van der Waals surface area contributed by atoms with Crippen LogP contribution in [0.5, 0.6) is 11.5 Å². The number of methoxy groups -OCH3 is 3. The number of hydrogen-bond acceptors (Lipinski definition) is 8. The summed E-state index contributed by atoms with van der Waals surface area (Å²) in [4.78, 5) is 24.6. The molecular weight excluding hydrogens is 516 g/mol. The number of ether oxygens (including phenoxy) is 4. The van der Waals surface area contributed by atoms with Gasteiger partial charge in [-0.05, 0) is 37.8 Å². The third kappa shape index (κ3) is 8.33. The molecule has 0 spiro atoms. The number of phenols is 2. The molecule has 1 aromatic rings. The summed E-state index contributed by atoms with van der Waals surface area (Å²) in [6, 6.07) is 2.71. The first-order valence-corrected chi connectivity index (χ1v) is 13.3. The lowest BCUT2D eigenvalue weighted by atomic mass is 9.86. The molecule has 0 unspecified atom stereocenters. The van der Waals surface area contributed by atoms with Gasteiger partial charge < -0.3 is 40.2 Å². The predicted molar refractivity (Wildman–Crippen MR) is 153 cm³/mol. The van der Waals surface area contributed by atoms with Gasteiger partial charge in [-0.25, -0.2) is 4.79 Å². The van der Waals surface area contributed by atoms with E-state index in [1.54, 1.807) is 39.4 Å². The maximum atomic E-state index is 12.9. The SMILES string of the molecule is CO[C@H]1[C@@H](OC)C[C@H](C)[C@@H](OC)c2cc(O)cc(c2O)NC(=O)C(C)=CC=C[C@H](C)[C@@H](OC(N)=O)C(C)=C[C@@H]1C. The monoisotopic (exact) mass is 560 g/mol. The Hall–Kier alpha value is -3.34. The van der Waals surface area contributed by atoms with Gasteiger partial charge >= 0.3 is 6.09 Å². The zero-order chi connectivity index (χ0) is 30.1. The number of allylic oxidation sites excluding steroid dienone is 2. The third-order valence-electron chi connectivity index (χ3n) is 7.33. The summed E-state index contributed by atoms with van der Waals surface area (Å²) in [6.45, 7) is 9.30. The molecule has 0 saturated heterocycles. The number of fused-ring (bicyclic) bond motifs is 2. The van der Waals surface area contributed by atoms with Gasteiger partial charge in [0.15, 0.2) is 0 Å². The molecule has 1 heterocycles. The van der Waals surface area contributed by atoms with Crippen LogP contribution in [0.15, 0.2) is 47.6 Å².